The predicted molar refractivity (Wildman–Crippen MR) is 92.9 cm³/mol. The average molecular weight is 444 g/mol. The molecule has 7 heteroatoms. The van der Waals surface area contributed by atoms with Gasteiger partial charge in [0.2, 0.25) is 0 Å². The summed E-state index contributed by atoms with van der Waals surface area (Å²) in [5.74, 6) is 0. The Kier molecular flexibility index (Phi) is 7.68. The van der Waals surface area contributed by atoms with Gasteiger partial charge in [-0.3, -0.25) is 4.18 Å². The van der Waals surface area contributed by atoms with Crippen molar-refractivity contribution in [2.45, 2.75) is 19.8 Å². The van der Waals surface area contributed by atoms with E-state index >= 15 is 0 Å². The summed E-state index contributed by atoms with van der Waals surface area (Å²) < 4.78 is 27.4. The van der Waals surface area contributed by atoms with Crippen molar-refractivity contribution in [2.75, 3.05) is 12.9 Å². The first-order valence-electron chi connectivity index (χ1n) is 6.02. The third kappa shape index (κ3) is 6.22. The molecule has 20 heavy (non-hydrogen) atoms. The molecule has 1 aromatic carbocycles. The van der Waals surface area contributed by atoms with E-state index in [1.54, 1.807) is 11.3 Å². The van der Waals surface area contributed by atoms with Crippen LogP contribution in [0, 0.1) is 0 Å². The molecule has 0 amide bonds. The molecule has 0 saturated carbocycles. The third-order valence-electron chi connectivity index (χ3n) is 2.33. The van der Waals surface area contributed by atoms with Crippen molar-refractivity contribution in [1.29, 1.82) is 0 Å². The van der Waals surface area contributed by atoms with E-state index in [2.05, 4.69) is 48.2 Å². The van der Waals surface area contributed by atoms with E-state index in [0.29, 0.717) is 6.61 Å². The SMILES string of the molecule is Brc1sc(Br)c2ccccc12.CCCCOS(C)(=O)=O. The molecule has 0 unspecified atom stereocenters. The molecule has 0 atom stereocenters. The number of rotatable bonds is 4. The van der Waals surface area contributed by atoms with Crippen LogP contribution in [0.3, 0.4) is 0 Å². The largest absolute Gasteiger partial charge is 0.270 e. The standard InChI is InChI=1S/C8H4Br2S.C5H12O3S/c9-7-5-3-1-2-4-6(5)8(10)11-7;1-3-4-5-8-9(2,6)7/h1-4H;3-5H2,1-2H3. The Morgan fingerprint density at radius 2 is 1.65 bits per heavy atom. The molecule has 2 rings (SSSR count). The van der Waals surface area contributed by atoms with Crippen molar-refractivity contribution in [1.82, 2.24) is 0 Å². The first-order valence-corrected chi connectivity index (χ1v) is 10.2. The number of halogens is 2. The van der Waals surface area contributed by atoms with Crippen molar-refractivity contribution in [3.05, 3.63) is 31.8 Å². The minimum Gasteiger partial charge on any atom is -0.270 e. The predicted octanol–water partition coefficient (Wildman–Crippen LogP) is 5.19. The van der Waals surface area contributed by atoms with Crippen LogP contribution in [-0.4, -0.2) is 21.3 Å². The molecular formula is C13H16Br2O3S2. The van der Waals surface area contributed by atoms with Gasteiger partial charge in [-0.1, -0.05) is 37.6 Å². The lowest BCUT2D eigenvalue weighted by molar-refractivity contribution is 0.314. The van der Waals surface area contributed by atoms with Crippen molar-refractivity contribution in [3.63, 3.8) is 0 Å². The number of hydrogen-bond acceptors (Lipinski definition) is 4. The number of unbranched alkanes of at least 4 members (excludes halogenated alkanes) is 1. The van der Waals surface area contributed by atoms with Crippen molar-refractivity contribution in [2.24, 2.45) is 0 Å². The fraction of sp³-hybridized carbons (Fsp3) is 0.385. The second-order valence-electron chi connectivity index (χ2n) is 4.07. The zero-order valence-electron chi connectivity index (χ0n) is 11.2. The second kappa shape index (κ2) is 8.48. The Labute approximate surface area is 140 Å². The highest BCUT2D eigenvalue weighted by Gasteiger charge is 2.04. The zero-order valence-corrected chi connectivity index (χ0v) is 16.0. The maximum atomic E-state index is 10.3. The first-order chi connectivity index (χ1) is 9.35. The topological polar surface area (TPSA) is 43.4 Å². The highest BCUT2D eigenvalue weighted by Crippen LogP contribution is 2.38. The molecule has 2 aromatic rings. The molecule has 0 N–H and O–H groups in total. The molecule has 0 bridgehead atoms. The Morgan fingerprint density at radius 1 is 1.15 bits per heavy atom. The van der Waals surface area contributed by atoms with Crippen LogP contribution < -0.4 is 0 Å². The molecule has 1 heterocycles. The summed E-state index contributed by atoms with van der Waals surface area (Å²) in [6.07, 6.45) is 2.81. The molecule has 0 saturated heterocycles. The van der Waals surface area contributed by atoms with Crippen LogP contribution in [0.1, 0.15) is 19.8 Å². The normalized spacial score (nSPS) is 11.2. The minimum atomic E-state index is -3.20. The summed E-state index contributed by atoms with van der Waals surface area (Å²) >= 11 is 8.73. The highest BCUT2D eigenvalue weighted by molar-refractivity contribution is 9.12. The number of hydrogen-bond donors (Lipinski definition) is 0. The van der Waals surface area contributed by atoms with Crippen molar-refractivity contribution >= 4 is 64.1 Å². The van der Waals surface area contributed by atoms with Gasteiger partial charge in [0.25, 0.3) is 10.1 Å². The van der Waals surface area contributed by atoms with Gasteiger partial charge in [-0.25, -0.2) is 0 Å². The van der Waals surface area contributed by atoms with Gasteiger partial charge in [0.15, 0.2) is 0 Å². The molecule has 0 aliphatic rings. The summed E-state index contributed by atoms with van der Waals surface area (Å²) in [7, 11) is -3.20. The summed E-state index contributed by atoms with van der Waals surface area (Å²) in [5.41, 5.74) is 0. The Hall–Kier alpha value is 0.0500. The number of fused-ring (bicyclic) bond motifs is 1. The fourth-order valence-electron chi connectivity index (χ4n) is 1.37. The van der Waals surface area contributed by atoms with Crippen LogP contribution in [0.15, 0.2) is 31.8 Å². The van der Waals surface area contributed by atoms with E-state index in [1.807, 2.05) is 19.1 Å². The zero-order chi connectivity index (χ0) is 15.2. The van der Waals surface area contributed by atoms with E-state index in [9.17, 15) is 8.42 Å². The molecule has 3 nitrogen and oxygen atoms in total. The summed E-state index contributed by atoms with van der Waals surface area (Å²) in [6.45, 7) is 2.29. The van der Waals surface area contributed by atoms with Gasteiger partial charge >= 0.3 is 0 Å². The van der Waals surface area contributed by atoms with Gasteiger partial charge in [0.05, 0.1) is 20.4 Å². The average Bonchev–Trinajstić information content (AvgIpc) is 2.66. The van der Waals surface area contributed by atoms with E-state index < -0.39 is 10.1 Å². The Morgan fingerprint density at radius 3 is 2.05 bits per heavy atom. The maximum absolute atomic E-state index is 10.3. The van der Waals surface area contributed by atoms with Crippen LogP contribution in [0.4, 0.5) is 0 Å². The molecule has 0 fully saturated rings. The first kappa shape index (κ1) is 18.1. The van der Waals surface area contributed by atoms with Gasteiger partial charge in [0.1, 0.15) is 0 Å². The second-order valence-corrected chi connectivity index (χ2v) is 9.38. The number of benzene rings is 1. The van der Waals surface area contributed by atoms with Gasteiger partial charge in [-0.15, -0.1) is 11.3 Å². The molecule has 0 radical (unpaired) electrons. The molecule has 1 aromatic heterocycles. The van der Waals surface area contributed by atoms with Gasteiger partial charge in [0, 0.05) is 10.8 Å². The number of thiophene rings is 1. The van der Waals surface area contributed by atoms with Crippen LogP contribution in [0.2, 0.25) is 0 Å². The molecule has 112 valence electrons. The quantitative estimate of drug-likeness (QED) is 0.482. The van der Waals surface area contributed by atoms with E-state index in [1.165, 1.54) is 18.3 Å². The van der Waals surface area contributed by atoms with Crippen molar-refractivity contribution in [3.8, 4) is 0 Å². The van der Waals surface area contributed by atoms with Crippen LogP contribution >= 0.6 is 43.2 Å². The van der Waals surface area contributed by atoms with Crippen LogP contribution in [0.25, 0.3) is 10.8 Å². The lowest BCUT2D eigenvalue weighted by Gasteiger charge is -1.96. The lowest BCUT2D eigenvalue weighted by Crippen LogP contribution is -2.03. The van der Waals surface area contributed by atoms with Crippen LogP contribution in [-0.2, 0) is 14.3 Å². The third-order valence-corrected chi connectivity index (χ3v) is 5.54. The van der Waals surface area contributed by atoms with Gasteiger partial charge in [-0.2, -0.15) is 8.42 Å². The maximum Gasteiger partial charge on any atom is 0.264 e. The summed E-state index contributed by atoms with van der Waals surface area (Å²) in [5, 5.41) is 2.56. The Bertz CT molecular complexity index is 615. The van der Waals surface area contributed by atoms with Gasteiger partial charge < -0.3 is 0 Å². The fourth-order valence-corrected chi connectivity index (χ4v) is 4.84. The van der Waals surface area contributed by atoms with E-state index in [4.69, 9.17) is 0 Å². The molecule has 0 spiro atoms. The van der Waals surface area contributed by atoms with Crippen LogP contribution in [0.5, 0.6) is 0 Å². The monoisotopic (exact) mass is 442 g/mol. The van der Waals surface area contributed by atoms with E-state index in [0.717, 1.165) is 19.1 Å². The Balaban J connectivity index is 0.000000206. The molecule has 0 aliphatic heterocycles. The molecule has 0 aliphatic carbocycles. The lowest BCUT2D eigenvalue weighted by atomic mass is 10.2. The van der Waals surface area contributed by atoms with Gasteiger partial charge in [-0.05, 0) is 38.3 Å². The summed E-state index contributed by atoms with van der Waals surface area (Å²) in [6, 6.07) is 8.32. The molecular weight excluding hydrogens is 428 g/mol. The minimum absolute atomic E-state index is 0.315. The van der Waals surface area contributed by atoms with Crippen molar-refractivity contribution < 1.29 is 12.6 Å². The smallest absolute Gasteiger partial charge is 0.264 e. The van der Waals surface area contributed by atoms with E-state index in [-0.39, 0.29) is 0 Å². The highest BCUT2D eigenvalue weighted by atomic mass is 79.9. The summed E-state index contributed by atoms with van der Waals surface area (Å²) in [4.78, 5) is 0.